The number of hydrogen-bond acceptors (Lipinski definition) is 3. The number of likely N-dealkylation sites (tertiary alicyclic amines) is 1. The van der Waals surface area contributed by atoms with Crippen molar-refractivity contribution in [2.24, 2.45) is 0 Å². The third kappa shape index (κ3) is 3.51. The molecule has 0 bridgehead atoms. The molecule has 1 fully saturated rings. The Morgan fingerprint density at radius 3 is 2.66 bits per heavy atom. The quantitative estimate of drug-likeness (QED) is 0.496. The third-order valence-corrected chi connectivity index (χ3v) is 6.33. The number of aryl methyl sites for hydroxylation is 2. The minimum Gasteiger partial charge on any atom is -0.336 e. The highest BCUT2D eigenvalue weighted by Gasteiger charge is 2.31. The fraction of sp³-hybridized carbons (Fsp3) is 0.269. The first-order valence-electron chi connectivity index (χ1n) is 11.0. The lowest BCUT2D eigenvalue weighted by atomic mass is 10.0. The predicted molar refractivity (Wildman–Crippen MR) is 125 cm³/mol. The normalized spacial score (nSPS) is 16.1. The molecule has 6 heteroatoms. The summed E-state index contributed by atoms with van der Waals surface area (Å²) in [4.78, 5) is 33.1. The van der Waals surface area contributed by atoms with Gasteiger partial charge < -0.3 is 4.90 Å². The van der Waals surface area contributed by atoms with Crippen LogP contribution in [-0.4, -0.2) is 38.0 Å². The van der Waals surface area contributed by atoms with Crippen molar-refractivity contribution in [2.75, 3.05) is 13.1 Å². The lowest BCUT2D eigenvalue weighted by Gasteiger charge is -2.18. The van der Waals surface area contributed by atoms with Crippen molar-refractivity contribution in [1.29, 1.82) is 0 Å². The maximum Gasteiger partial charge on any atom is 0.330 e. The summed E-state index contributed by atoms with van der Waals surface area (Å²) in [6.07, 6.45) is 2.45. The summed E-state index contributed by atoms with van der Waals surface area (Å²) in [6.45, 7) is 5.62. The molecule has 0 aliphatic carbocycles. The summed E-state index contributed by atoms with van der Waals surface area (Å²) >= 11 is 0. The van der Waals surface area contributed by atoms with Gasteiger partial charge in [0.2, 0.25) is 0 Å². The van der Waals surface area contributed by atoms with Crippen LogP contribution in [0.4, 0.5) is 0 Å². The molecule has 1 unspecified atom stereocenters. The first-order valence-corrected chi connectivity index (χ1v) is 11.0. The van der Waals surface area contributed by atoms with Crippen LogP contribution in [0.1, 0.15) is 39.5 Å². The predicted octanol–water partition coefficient (Wildman–Crippen LogP) is 3.95. The molecule has 32 heavy (non-hydrogen) atoms. The second-order valence-corrected chi connectivity index (χ2v) is 8.58. The molecule has 4 aromatic rings. The van der Waals surface area contributed by atoms with Gasteiger partial charge in [-0.25, -0.2) is 9.78 Å². The fourth-order valence-electron chi connectivity index (χ4n) is 4.72. The van der Waals surface area contributed by atoms with E-state index in [2.05, 4.69) is 4.98 Å². The summed E-state index contributed by atoms with van der Waals surface area (Å²) in [5.41, 5.74) is 5.34. The second kappa shape index (κ2) is 8.11. The lowest BCUT2D eigenvalue weighted by molar-refractivity contribution is 0.0787. The Morgan fingerprint density at radius 1 is 1.06 bits per heavy atom. The number of carbonyl (C=O) groups is 1. The highest BCUT2D eigenvalue weighted by atomic mass is 16.2. The molecule has 1 saturated heterocycles. The number of benzene rings is 2. The number of aromatic nitrogens is 3. The average molecular weight is 427 g/mol. The fourth-order valence-corrected chi connectivity index (χ4v) is 4.72. The Morgan fingerprint density at radius 2 is 1.88 bits per heavy atom. The highest BCUT2D eigenvalue weighted by Crippen LogP contribution is 2.26. The van der Waals surface area contributed by atoms with Gasteiger partial charge in [0.1, 0.15) is 0 Å². The van der Waals surface area contributed by atoms with Gasteiger partial charge in [-0.3, -0.25) is 13.9 Å². The summed E-state index contributed by atoms with van der Waals surface area (Å²) in [7, 11) is 0. The molecule has 162 valence electrons. The molecule has 1 aliphatic rings. The van der Waals surface area contributed by atoms with E-state index in [4.69, 9.17) is 0 Å². The zero-order valence-corrected chi connectivity index (χ0v) is 18.4. The molecule has 5 rings (SSSR count). The van der Waals surface area contributed by atoms with E-state index < -0.39 is 0 Å². The molecular weight excluding hydrogens is 400 g/mol. The van der Waals surface area contributed by atoms with E-state index in [0.29, 0.717) is 25.3 Å². The third-order valence-electron chi connectivity index (χ3n) is 6.33. The summed E-state index contributed by atoms with van der Waals surface area (Å²) < 4.78 is 3.57. The summed E-state index contributed by atoms with van der Waals surface area (Å²) in [6, 6.07) is 19.6. The van der Waals surface area contributed by atoms with E-state index in [1.807, 2.05) is 79.4 Å². The average Bonchev–Trinajstić information content (AvgIpc) is 3.37. The van der Waals surface area contributed by atoms with Gasteiger partial charge in [0.05, 0.1) is 18.1 Å². The van der Waals surface area contributed by atoms with Crippen LogP contribution in [0.15, 0.2) is 71.7 Å². The van der Waals surface area contributed by atoms with E-state index in [0.717, 1.165) is 34.2 Å². The molecule has 0 saturated carbocycles. The zero-order valence-electron chi connectivity index (χ0n) is 18.4. The van der Waals surface area contributed by atoms with Gasteiger partial charge in [-0.15, -0.1) is 0 Å². The first-order chi connectivity index (χ1) is 15.5. The number of carbonyl (C=O) groups excluding carboxylic acids is 1. The maximum absolute atomic E-state index is 13.5. The van der Waals surface area contributed by atoms with Crippen LogP contribution in [0.25, 0.3) is 11.2 Å². The van der Waals surface area contributed by atoms with Crippen LogP contribution in [-0.2, 0) is 6.54 Å². The number of fused-ring (bicyclic) bond motifs is 1. The van der Waals surface area contributed by atoms with Crippen molar-refractivity contribution >= 4 is 17.1 Å². The SMILES string of the molecule is Cc1ccc(C(=O)N2CCC(n3c(=O)n(Cc4ccccc4)c4cccnc43)C2)c(C)c1. The molecule has 1 amide bonds. The minimum absolute atomic E-state index is 0.0269. The van der Waals surface area contributed by atoms with Crippen LogP contribution in [0.3, 0.4) is 0 Å². The van der Waals surface area contributed by atoms with Gasteiger partial charge in [-0.2, -0.15) is 0 Å². The number of hydrogen-bond donors (Lipinski definition) is 0. The van der Waals surface area contributed by atoms with E-state index in [1.54, 1.807) is 15.3 Å². The molecule has 1 aliphatic heterocycles. The summed E-state index contributed by atoms with van der Waals surface area (Å²) in [5.74, 6) is 0.0269. The van der Waals surface area contributed by atoms with E-state index in [-0.39, 0.29) is 17.6 Å². The molecule has 1 atom stereocenters. The Bertz CT molecular complexity index is 1350. The molecule has 0 N–H and O–H groups in total. The Labute approximate surface area is 186 Å². The number of nitrogens with zero attached hydrogens (tertiary/aromatic N) is 4. The monoisotopic (exact) mass is 426 g/mol. The van der Waals surface area contributed by atoms with Gasteiger partial charge in [0.15, 0.2) is 5.65 Å². The van der Waals surface area contributed by atoms with E-state index in [9.17, 15) is 9.59 Å². The topological polar surface area (TPSA) is 60.1 Å². The van der Waals surface area contributed by atoms with Gasteiger partial charge >= 0.3 is 5.69 Å². The van der Waals surface area contributed by atoms with Gasteiger partial charge in [0, 0.05) is 24.8 Å². The van der Waals surface area contributed by atoms with Crippen molar-refractivity contribution in [2.45, 2.75) is 32.9 Å². The Hall–Kier alpha value is -3.67. The Balaban J connectivity index is 1.47. The molecule has 2 aromatic heterocycles. The molecule has 3 heterocycles. The largest absolute Gasteiger partial charge is 0.336 e. The first kappa shape index (κ1) is 20.2. The van der Waals surface area contributed by atoms with Crippen LogP contribution in [0.5, 0.6) is 0 Å². The molecular formula is C26H26N4O2. The van der Waals surface area contributed by atoms with E-state index in [1.165, 1.54) is 0 Å². The van der Waals surface area contributed by atoms with Gasteiger partial charge in [-0.05, 0) is 49.6 Å². The standard InChI is InChI=1S/C26H26N4O2/c1-18-10-11-22(19(2)15-18)25(31)28-14-12-21(17-28)30-24-23(9-6-13-27-24)29(26(30)32)16-20-7-4-3-5-8-20/h3-11,13,15,21H,12,14,16-17H2,1-2H3. The number of amides is 1. The van der Waals surface area contributed by atoms with Crippen molar-refractivity contribution < 1.29 is 4.79 Å². The minimum atomic E-state index is -0.0911. The Kier molecular flexibility index (Phi) is 5.13. The van der Waals surface area contributed by atoms with Crippen molar-refractivity contribution in [1.82, 2.24) is 19.0 Å². The van der Waals surface area contributed by atoms with Crippen LogP contribution >= 0.6 is 0 Å². The molecule has 0 spiro atoms. The van der Waals surface area contributed by atoms with Crippen LogP contribution in [0, 0.1) is 13.8 Å². The zero-order chi connectivity index (χ0) is 22.2. The second-order valence-electron chi connectivity index (χ2n) is 8.58. The number of imidazole rings is 1. The van der Waals surface area contributed by atoms with E-state index >= 15 is 0 Å². The van der Waals surface area contributed by atoms with Crippen molar-refractivity contribution in [3.05, 3.63) is 99.6 Å². The highest BCUT2D eigenvalue weighted by molar-refractivity contribution is 5.96. The molecule has 2 aromatic carbocycles. The summed E-state index contributed by atoms with van der Waals surface area (Å²) in [5, 5.41) is 0. The van der Waals surface area contributed by atoms with Gasteiger partial charge in [-0.1, -0.05) is 48.0 Å². The van der Waals surface area contributed by atoms with Gasteiger partial charge in [0.25, 0.3) is 5.91 Å². The number of pyridine rings is 1. The number of rotatable bonds is 4. The van der Waals surface area contributed by atoms with Crippen molar-refractivity contribution in [3.63, 3.8) is 0 Å². The van der Waals surface area contributed by atoms with Crippen LogP contribution in [0.2, 0.25) is 0 Å². The smallest absolute Gasteiger partial charge is 0.330 e. The molecule has 6 nitrogen and oxygen atoms in total. The lowest BCUT2D eigenvalue weighted by Crippen LogP contribution is -2.32. The maximum atomic E-state index is 13.5. The van der Waals surface area contributed by atoms with Crippen molar-refractivity contribution in [3.8, 4) is 0 Å². The van der Waals surface area contributed by atoms with Crippen LogP contribution < -0.4 is 5.69 Å². The molecule has 0 radical (unpaired) electrons.